The Morgan fingerprint density at radius 1 is 1.23 bits per heavy atom. The molecule has 0 unspecified atom stereocenters. The Labute approximate surface area is 135 Å². The molecule has 3 rings (SSSR count). The van der Waals surface area contributed by atoms with Crippen LogP contribution in [0.2, 0.25) is 0 Å². The van der Waals surface area contributed by atoms with Crippen LogP contribution in [0.3, 0.4) is 0 Å². The van der Waals surface area contributed by atoms with Crippen molar-refractivity contribution in [2.24, 2.45) is 0 Å². The molecule has 114 valence electrons. The number of hydrogen-bond acceptors (Lipinski definition) is 5. The number of methoxy groups -OCH3 is 2. The summed E-state index contributed by atoms with van der Waals surface area (Å²) in [5.74, 6) is 1.09. The number of phenolic OH excluding ortho intramolecular Hbond substituents is 1. The van der Waals surface area contributed by atoms with Gasteiger partial charge in [0.15, 0.2) is 0 Å². The maximum absolute atomic E-state index is 9.76. The van der Waals surface area contributed by atoms with E-state index >= 15 is 0 Å². The van der Waals surface area contributed by atoms with Gasteiger partial charge in [-0.05, 0) is 34.1 Å². The molecule has 0 saturated carbocycles. The predicted octanol–water partition coefficient (Wildman–Crippen LogP) is 3.56. The van der Waals surface area contributed by atoms with Crippen LogP contribution < -0.4 is 14.8 Å². The van der Waals surface area contributed by atoms with Gasteiger partial charge in [-0.25, -0.2) is 4.52 Å². The molecule has 0 saturated heterocycles. The van der Waals surface area contributed by atoms with Crippen LogP contribution >= 0.6 is 15.9 Å². The number of ether oxygens (including phenoxy) is 2. The molecular formula is C15H14BrN3O3. The van der Waals surface area contributed by atoms with Crippen molar-refractivity contribution in [2.75, 3.05) is 19.5 Å². The van der Waals surface area contributed by atoms with Gasteiger partial charge >= 0.3 is 0 Å². The van der Waals surface area contributed by atoms with E-state index in [4.69, 9.17) is 9.47 Å². The molecule has 2 N–H and O–H groups in total. The highest BCUT2D eigenvalue weighted by Crippen LogP contribution is 2.39. The molecule has 0 amide bonds. The van der Waals surface area contributed by atoms with Crippen LogP contribution in [-0.4, -0.2) is 28.9 Å². The smallest absolute Gasteiger partial charge is 0.257 e. The number of fused-ring (bicyclic) bond motifs is 1. The molecule has 0 fully saturated rings. The first kappa shape index (κ1) is 14.5. The van der Waals surface area contributed by atoms with Crippen molar-refractivity contribution in [1.82, 2.24) is 9.61 Å². The fourth-order valence-corrected chi connectivity index (χ4v) is 2.52. The third-order valence-electron chi connectivity index (χ3n) is 3.23. The molecule has 1 aromatic carbocycles. The molecule has 0 aliphatic carbocycles. The lowest BCUT2D eigenvalue weighted by Gasteiger charge is -2.12. The number of anilines is 2. The topological polar surface area (TPSA) is 68.0 Å². The molecule has 3 aromatic rings. The van der Waals surface area contributed by atoms with Crippen LogP contribution in [0.1, 0.15) is 0 Å². The van der Waals surface area contributed by atoms with Gasteiger partial charge in [0.1, 0.15) is 17.2 Å². The van der Waals surface area contributed by atoms with E-state index in [1.54, 1.807) is 24.8 Å². The Hall–Kier alpha value is -2.41. The summed E-state index contributed by atoms with van der Waals surface area (Å²) < 4.78 is 12.9. The molecule has 0 radical (unpaired) electrons. The minimum atomic E-state index is 0.106. The molecule has 0 aliphatic heterocycles. The van der Waals surface area contributed by atoms with Crippen molar-refractivity contribution >= 4 is 32.8 Å². The standard InChI is InChI=1S/C15H14BrN3O3/c1-21-13-8-12(20)9(16)7-10(13)17-14-11-5-3-4-6-19(11)18-15(14)22-2/h3-8,17,20H,1-2H3. The highest BCUT2D eigenvalue weighted by Gasteiger charge is 2.16. The molecule has 0 aliphatic rings. The zero-order chi connectivity index (χ0) is 15.7. The molecular weight excluding hydrogens is 350 g/mol. The van der Waals surface area contributed by atoms with Gasteiger partial charge in [0.05, 0.1) is 29.9 Å². The third kappa shape index (κ3) is 2.43. The Morgan fingerprint density at radius 2 is 2.05 bits per heavy atom. The van der Waals surface area contributed by atoms with E-state index in [0.29, 0.717) is 21.8 Å². The quantitative estimate of drug-likeness (QED) is 0.693. The van der Waals surface area contributed by atoms with Gasteiger partial charge in [0.25, 0.3) is 5.88 Å². The lowest BCUT2D eigenvalue weighted by molar-refractivity contribution is 0.396. The van der Waals surface area contributed by atoms with Crippen LogP contribution in [0.5, 0.6) is 17.4 Å². The van der Waals surface area contributed by atoms with Crippen molar-refractivity contribution < 1.29 is 14.6 Å². The summed E-state index contributed by atoms with van der Waals surface area (Å²) in [7, 11) is 3.11. The average Bonchev–Trinajstić information content (AvgIpc) is 2.88. The minimum Gasteiger partial charge on any atom is -0.507 e. The second kappa shape index (κ2) is 5.76. The van der Waals surface area contributed by atoms with Crippen LogP contribution in [0.25, 0.3) is 5.52 Å². The molecule has 22 heavy (non-hydrogen) atoms. The van der Waals surface area contributed by atoms with E-state index in [-0.39, 0.29) is 5.75 Å². The molecule has 2 heterocycles. The van der Waals surface area contributed by atoms with Gasteiger partial charge in [0.2, 0.25) is 0 Å². The van der Waals surface area contributed by atoms with E-state index in [0.717, 1.165) is 11.2 Å². The number of benzene rings is 1. The Kier molecular flexibility index (Phi) is 3.81. The maximum Gasteiger partial charge on any atom is 0.257 e. The fourth-order valence-electron chi connectivity index (χ4n) is 2.18. The number of rotatable bonds is 4. The van der Waals surface area contributed by atoms with E-state index < -0.39 is 0 Å². The summed E-state index contributed by atoms with van der Waals surface area (Å²) in [5, 5.41) is 17.4. The van der Waals surface area contributed by atoms with Gasteiger partial charge in [-0.1, -0.05) is 6.07 Å². The maximum atomic E-state index is 9.76. The van der Waals surface area contributed by atoms with E-state index in [1.165, 1.54) is 6.07 Å². The summed E-state index contributed by atoms with van der Waals surface area (Å²) in [5.41, 5.74) is 2.27. The first-order valence-corrected chi connectivity index (χ1v) is 7.28. The summed E-state index contributed by atoms with van der Waals surface area (Å²) in [6.07, 6.45) is 1.84. The lowest BCUT2D eigenvalue weighted by Crippen LogP contribution is -1.96. The highest BCUT2D eigenvalue weighted by atomic mass is 79.9. The molecule has 0 spiro atoms. The van der Waals surface area contributed by atoms with Crippen molar-refractivity contribution in [2.45, 2.75) is 0 Å². The largest absolute Gasteiger partial charge is 0.507 e. The monoisotopic (exact) mass is 363 g/mol. The molecule has 2 aromatic heterocycles. The fraction of sp³-hybridized carbons (Fsp3) is 0.133. The molecule has 0 bridgehead atoms. The molecule has 0 atom stereocenters. The Morgan fingerprint density at radius 3 is 2.77 bits per heavy atom. The molecule has 7 heteroatoms. The number of phenols is 1. The van der Waals surface area contributed by atoms with Crippen molar-refractivity contribution in [3.63, 3.8) is 0 Å². The van der Waals surface area contributed by atoms with Gasteiger partial charge < -0.3 is 19.9 Å². The number of aromatic hydroxyl groups is 1. The number of halogens is 1. The van der Waals surface area contributed by atoms with Crippen LogP contribution in [-0.2, 0) is 0 Å². The van der Waals surface area contributed by atoms with Crippen molar-refractivity contribution in [3.05, 3.63) is 41.0 Å². The van der Waals surface area contributed by atoms with Crippen LogP contribution in [0.15, 0.2) is 41.0 Å². The predicted molar refractivity (Wildman–Crippen MR) is 87.4 cm³/mol. The summed E-state index contributed by atoms with van der Waals surface area (Å²) in [4.78, 5) is 0. The SMILES string of the molecule is COc1cc(O)c(Br)cc1Nc1c(OC)nn2ccccc12. The lowest BCUT2D eigenvalue weighted by atomic mass is 10.2. The number of aromatic nitrogens is 2. The second-order valence-electron chi connectivity index (χ2n) is 4.54. The zero-order valence-electron chi connectivity index (χ0n) is 12.0. The van der Waals surface area contributed by atoms with Crippen molar-refractivity contribution in [1.29, 1.82) is 0 Å². The number of nitrogens with zero attached hydrogens (tertiary/aromatic N) is 2. The van der Waals surface area contributed by atoms with E-state index in [9.17, 15) is 5.11 Å². The summed E-state index contributed by atoms with van der Waals surface area (Å²) in [6, 6.07) is 9.01. The number of nitrogens with one attached hydrogen (secondary N) is 1. The van der Waals surface area contributed by atoms with Gasteiger partial charge in [-0.2, -0.15) is 0 Å². The normalized spacial score (nSPS) is 10.7. The minimum absolute atomic E-state index is 0.106. The first-order chi connectivity index (χ1) is 10.6. The van der Waals surface area contributed by atoms with E-state index in [1.807, 2.05) is 24.4 Å². The molecule has 6 nitrogen and oxygen atoms in total. The van der Waals surface area contributed by atoms with Crippen LogP contribution in [0.4, 0.5) is 11.4 Å². The van der Waals surface area contributed by atoms with Crippen LogP contribution in [0, 0.1) is 0 Å². The van der Waals surface area contributed by atoms with Gasteiger partial charge in [-0.15, -0.1) is 5.10 Å². The average molecular weight is 364 g/mol. The summed E-state index contributed by atoms with van der Waals surface area (Å²) >= 11 is 3.30. The summed E-state index contributed by atoms with van der Waals surface area (Å²) in [6.45, 7) is 0. The second-order valence-corrected chi connectivity index (χ2v) is 5.40. The number of hydrogen-bond donors (Lipinski definition) is 2. The Bertz CT molecular complexity index is 832. The zero-order valence-corrected chi connectivity index (χ0v) is 13.6. The van der Waals surface area contributed by atoms with Crippen molar-refractivity contribution in [3.8, 4) is 17.4 Å². The van der Waals surface area contributed by atoms with Gasteiger partial charge in [0, 0.05) is 12.3 Å². The highest BCUT2D eigenvalue weighted by molar-refractivity contribution is 9.10. The Balaban J connectivity index is 2.12. The van der Waals surface area contributed by atoms with Gasteiger partial charge in [-0.3, -0.25) is 0 Å². The third-order valence-corrected chi connectivity index (χ3v) is 3.86. The van der Waals surface area contributed by atoms with E-state index in [2.05, 4.69) is 26.3 Å². The first-order valence-electron chi connectivity index (χ1n) is 6.49. The number of pyridine rings is 1.